The van der Waals surface area contributed by atoms with Crippen LogP contribution in [0.25, 0.3) is 6.08 Å². The van der Waals surface area contributed by atoms with Gasteiger partial charge in [-0.1, -0.05) is 29.8 Å². The lowest BCUT2D eigenvalue weighted by molar-refractivity contribution is -0.117. The van der Waals surface area contributed by atoms with Crippen LogP contribution in [0.5, 0.6) is 0 Å². The molecule has 3 rings (SSSR count). The van der Waals surface area contributed by atoms with Crippen LogP contribution >= 0.6 is 11.6 Å². The average Bonchev–Trinajstić information content (AvgIpc) is 3.08. The maximum atomic E-state index is 12.2. The number of nitrogens with one attached hydrogen (secondary N) is 1. The highest BCUT2D eigenvalue weighted by Crippen LogP contribution is 2.30. The van der Waals surface area contributed by atoms with Crippen molar-refractivity contribution in [2.45, 2.75) is 12.8 Å². The van der Waals surface area contributed by atoms with Gasteiger partial charge in [-0.05, 0) is 42.3 Å². The lowest BCUT2D eigenvalue weighted by Crippen LogP contribution is -2.23. The van der Waals surface area contributed by atoms with Crippen molar-refractivity contribution in [1.29, 1.82) is 5.26 Å². The van der Waals surface area contributed by atoms with Crippen molar-refractivity contribution in [2.75, 3.05) is 16.8 Å². The topological polar surface area (TPSA) is 73.2 Å². The van der Waals surface area contributed by atoms with Gasteiger partial charge < -0.3 is 10.2 Å². The number of nitrogens with zero attached hydrogens (tertiary/aromatic N) is 2. The zero-order valence-electron chi connectivity index (χ0n) is 13.9. The molecule has 0 spiro atoms. The number of hydrogen-bond acceptors (Lipinski definition) is 3. The Balaban J connectivity index is 1.76. The average molecular weight is 366 g/mol. The summed E-state index contributed by atoms with van der Waals surface area (Å²) in [7, 11) is 0. The van der Waals surface area contributed by atoms with Gasteiger partial charge in [0.1, 0.15) is 0 Å². The lowest BCUT2D eigenvalue weighted by atomic mass is 10.1. The standard InChI is InChI=1S/C20H16ClN3O2/c21-17-9-8-16(24-11-3-6-20(24)26)12-18(17)23-19(25)10-7-14-4-1-2-5-15(14)13-22/h1-2,4-5,7-10,12H,3,6,11H2,(H,23,25)/b10-7+. The van der Waals surface area contributed by atoms with Crippen molar-refractivity contribution in [3.8, 4) is 6.07 Å². The van der Waals surface area contributed by atoms with Gasteiger partial charge in [-0.25, -0.2) is 0 Å². The van der Waals surface area contributed by atoms with Gasteiger partial charge in [0.25, 0.3) is 0 Å². The summed E-state index contributed by atoms with van der Waals surface area (Å²) in [6, 6.07) is 14.2. The molecule has 0 atom stereocenters. The Bertz CT molecular complexity index is 931. The van der Waals surface area contributed by atoms with Crippen molar-refractivity contribution >= 4 is 40.9 Å². The molecule has 1 heterocycles. The van der Waals surface area contributed by atoms with E-state index in [-0.39, 0.29) is 11.8 Å². The predicted octanol–water partition coefficient (Wildman–Crippen LogP) is 3.99. The quantitative estimate of drug-likeness (QED) is 0.832. The third-order valence-electron chi connectivity index (χ3n) is 4.09. The molecule has 1 aliphatic heterocycles. The molecular weight excluding hydrogens is 350 g/mol. The number of carbonyl (C=O) groups excluding carboxylic acids is 2. The molecule has 0 aliphatic carbocycles. The number of rotatable bonds is 4. The number of amides is 2. The van der Waals surface area contributed by atoms with Gasteiger partial charge in [-0.3, -0.25) is 9.59 Å². The Kier molecular flexibility index (Phi) is 5.35. The zero-order chi connectivity index (χ0) is 18.5. The minimum absolute atomic E-state index is 0.0672. The third kappa shape index (κ3) is 3.93. The van der Waals surface area contributed by atoms with E-state index in [1.54, 1.807) is 53.4 Å². The molecular formula is C20H16ClN3O2. The molecule has 26 heavy (non-hydrogen) atoms. The van der Waals surface area contributed by atoms with Gasteiger partial charge >= 0.3 is 0 Å². The molecule has 1 N–H and O–H groups in total. The first-order valence-corrected chi connectivity index (χ1v) is 8.54. The van der Waals surface area contributed by atoms with Crippen LogP contribution in [0.1, 0.15) is 24.0 Å². The summed E-state index contributed by atoms with van der Waals surface area (Å²) >= 11 is 6.16. The summed E-state index contributed by atoms with van der Waals surface area (Å²) in [5.41, 5.74) is 2.30. The van der Waals surface area contributed by atoms with E-state index in [1.807, 2.05) is 0 Å². The van der Waals surface area contributed by atoms with Crippen LogP contribution in [0.3, 0.4) is 0 Å². The second-order valence-electron chi connectivity index (χ2n) is 5.83. The van der Waals surface area contributed by atoms with E-state index in [4.69, 9.17) is 16.9 Å². The summed E-state index contributed by atoms with van der Waals surface area (Å²) in [4.78, 5) is 25.8. The molecule has 0 bridgehead atoms. The molecule has 6 heteroatoms. The Hall–Kier alpha value is -3.10. The van der Waals surface area contributed by atoms with E-state index in [1.165, 1.54) is 6.08 Å². The van der Waals surface area contributed by atoms with Crippen LogP contribution in [0.2, 0.25) is 5.02 Å². The zero-order valence-corrected chi connectivity index (χ0v) is 14.7. The number of hydrogen-bond donors (Lipinski definition) is 1. The highest BCUT2D eigenvalue weighted by molar-refractivity contribution is 6.34. The molecule has 130 valence electrons. The SMILES string of the molecule is N#Cc1ccccc1/C=C/C(=O)Nc1cc(N2CCCC2=O)ccc1Cl. The fourth-order valence-corrected chi connectivity index (χ4v) is 2.95. The second-order valence-corrected chi connectivity index (χ2v) is 6.24. The summed E-state index contributed by atoms with van der Waals surface area (Å²) in [5, 5.41) is 12.2. The Labute approximate surface area is 156 Å². The summed E-state index contributed by atoms with van der Waals surface area (Å²) in [6.45, 7) is 0.665. The molecule has 1 aliphatic rings. The van der Waals surface area contributed by atoms with Crippen LogP contribution in [-0.2, 0) is 9.59 Å². The van der Waals surface area contributed by atoms with Crippen molar-refractivity contribution in [3.63, 3.8) is 0 Å². The predicted molar refractivity (Wildman–Crippen MR) is 102 cm³/mol. The first kappa shape index (κ1) is 17.7. The first-order chi connectivity index (χ1) is 12.6. The molecule has 0 unspecified atom stereocenters. The Morgan fingerprint density at radius 1 is 1.27 bits per heavy atom. The summed E-state index contributed by atoms with van der Waals surface area (Å²) < 4.78 is 0. The van der Waals surface area contributed by atoms with Gasteiger partial charge in [0, 0.05) is 24.7 Å². The van der Waals surface area contributed by atoms with E-state index < -0.39 is 0 Å². The first-order valence-electron chi connectivity index (χ1n) is 8.16. The number of halogens is 1. The second kappa shape index (κ2) is 7.85. The number of carbonyl (C=O) groups is 2. The van der Waals surface area contributed by atoms with Gasteiger partial charge in [0.2, 0.25) is 11.8 Å². The fourth-order valence-electron chi connectivity index (χ4n) is 2.78. The number of anilines is 2. The monoisotopic (exact) mass is 365 g/mol. The minimum atomic E-state index is -0.371. The van der Waals surface area contributed by atoms with Crippen molar-refractivity contribution in [3.05, 3.63) is 64.7 Å². The van der Waals surface area contributed by atoms with E-state index in [0.717, 1.165) is 6.42 Å². The van der Waals surface area contributed by atoms with Gasteiger partial charge in [0.15, 0.2) is 0 Å². The molecule has 0 radical (unpaired) electrons. The smallest absolute Gasteiger partial charge is 0.248 e. The highest BCUT2D eigenvalue weighted by Gasteiger charge is 2.22. The maximum Gasteiger partial charge on any atom is 0.248 e. The van der Waals surface area contributed by atoms with Crippen LogP contribution in [0.15, 0.2) is 48.5 Å². The number of nitriles is 1. The van der Waals surface area contributed by atoms with Crippen LogP contribution in [0.4, 0.5) is 11.4 Å². The van der Waals surface area contributed by atoms with Gasteiger partial charge in [0.05, 0.1) is 22.3 Å². The molecule has 2 amide bonds. The van der Waals surface area contributed by atoms with Gasteiger partial charge in [-0.2, -0.15) is 5.26 Å². The van der Waals surface area contributed by atoms with Crippen molar-refractivity contribution in [2.24, 2.45) is 0 Å². The fraction of sp³-hybridized carbons (Fsp3) is 0.150. The Morgan fingerprint density at radius 3 is 2.81 bits per heavy atom. The van der Waals surface area contributed by atoms with E-state index in [0.29, 0.717) is 40.5 Å². The molecule has 1 saturated heterocycles. The van der Waals surface area contributed by atoms with E-state index in [9.17, 15) is 9.59 Å². The van der Waals surface area contributed by atoms with Crippen LogP contribution < -0.4 is 10.2 Å². The molecule has 1 fully saturated rings. The number of benzene rings is 2. The van der Waals surface area contributed by atoms with E-state index in [2.05, 4.69) is 11.4 Å². The third-order valence-corrected chi connectivity index (χ3v) is 4.42. The highest BCUT2D eigenvalue weighted by atomic mass is 35.5. The van der Waals surface area contributed by atoms with Crippen LogP contribution in [0, 0.1) is 11.3 Å². The Morgan fingerprint density at radius 2 is 2.08 bits per heavy atom. The maximum absolute atomic E-state index is 12.2. The molecule has 0 aromatic heterocycles. The van der Waals surface area contributed by atoms with Crippen molar-refractivity contribution < 1.29 is 9.59 Å². The van der Waals surface area contributed by atoms with Gasteiger partial charge in [-0.15, -0.1) is 0 Å². The molecule has 2 aromatic carbocycles. The normalized spacial score (nSPS) is 13.8. The van der Waals surface area contributed by atoms with E-state index >= 15 is 0 Å². The van der Waals surface area contributed by atoms with Crippen LogP contribution in [-0.4, -0.2) is 18.4 Å². The lowest BCUT2D eigenvalue weighted by Gasteiger charge is -2.17. The molecule has 2 aromatic rings. The van der Waals surface area contributed by atoms with Crippen molar-refractivity contribution in [1.82, 2.24) is 0 Å². The molecule has 5 nitrogen and oxygen atoms in total. The largest absolute Gasteiger partial charge is 0.321 e. The summed E-state index contributed by atoms with van der Waals surface area (Å²) in [5.74, 6) is -0.304. The summed E-state index contributed by atoms with van der Waals surface area (Å²) in [6.07, 6.45) is 4.28. The minimum Gasteiger partial charge on any atom is -0.321 e. The molecule has 0 saturated carbocycles.